The minimum atomic E-state index is 0.438. The van der Waals surface area contributed by atoms with Gasteiger partial charge in [0, 0.05) is 11.5 Å². The van der Waals surface area contributed by atoms with Crippen molar-refractivity contribution in [2.75, 3.05) is 0 Å². The number of nitrogens with zero attached hydrogens (tertiary/aromatic N) is 1. The Morgan fingerprint density at radius 1 is 1.39 bits per heavy atom. The SMILES string of the molecule is NC(=S)c1sc(-c2ccccc2Cl)nc1C1CC1. The first kappa shape index (κ1) is 12.1. The molecule has 2 nitrogen and oxygen atoms in total. The van der Waals surface area contributed by atoms with E-state index in [4.69, 9.17) is 34.5 Å². The van der Waals surface area contributed by atoms with Crippen molar-refractivity contribution in [3.05, 3.63) is 39.9 Å². The van der Waals surface area contributed by atoms with Gasteiger partial charge in [0.15, 0.2) is 0 Å². The standard InChI is InChI=1S/C13H11ClN2S2/c14-9-4-2-1-3-8(9)13-16-10(7-5-6-7)11(18-13)12(15)17/h1-4,7H,5-6H2,(H2,15,17). The van der Waals surface area contributed by atoms with E-state index in [0.29, 0.717) is 15.9 Å². The molecule has 3 rings (SSSR count). The number of nitrogens with two attached hydrogens (primary N) is 1. The number of aromatic nitrogens is 1. The molecule has 5 heteroatoms. The van der Waals surface area contributed by atoms with Gasteiger partial charge in [0.25, 0.3) is 0 Å². The van der Waals surface area contributed by atoms with Crippen LogP contribution in [0.1, 0.15) is 29.3 Å². The Kier molecular flexibility index (Phi) is 3.09. The van der Waals surface area contributed by atoms with Crippen molar-refractivity contribution >= 4 is 40.1 Å². The van der Waals surface area contributed by atoms with Crippen LogP contribution in [0.15, 0.2) is 24.3 Å². The van der Waals surface area contributed by atoms with Gasteiger partial charge in [-0.25, -0.2) is 4.98 Å². The smallest absolute Gasteiger partial charge is 0.125 e. The predicted octanol–water partition coefficient (Wildman–Crippen LogP) is 3.98. The zero-order valence-corrected chi connectivity index (χ0v) is 11.9. The summed E-state index contributed by atoms with van der Waals surface area (Å²) in [6.45, 7) is 0. The molecule has 18 heavy (non-hydrogen) atoms. The molecule has 2 aromatic rings. The van der Waals surface area contributed by atoms with Gasteiger partial charge < -0.3 is 5.73 Å². The average molecular weight is 295 g/mol. The van der Waals surface area contributed by atoms with Gasteiger partial charge in [-0.05, 0) is 18.9 Å². The molecule has 0 saturated heterocycles. The van der Waals surface area contributed by atoms with Gasteiger partial charge in [-0.1, -0.05) is 42.0 Å². The molecular formula is C13H11ClN2S2. The van der Waals surface area contributed by atoms with Crippen LogP contribution < -0.4 is 5.73 Å². The molecule has 92 valence electrons. The maximum absolute atomic E-state index is 6.20. The highest BCUT2D eigenvalue weighted by Crippen LogP contribution is 2.44. The van der Waals surface area contributed by atoms with Crippen LogP contribution in [-0.2, 0) is 0 Å². The molecule has 1 aliphatic rings. The topological polar surface area (TPSA) is 38.9 Å². The number of hydrogen-bond donors (Lipinski definition) is 1. The monoisotopic (exact) mass is 294 g/mol. The first-order valence-corrected chi connectivity index (χ1v) is 7.32. The summed E-state index contributed by atoms with van der Waals surface area (Å²) in [4.78, 5) is 6.08. The summed E-state index contributed by atoms with van der Waals surface area (Å²) in [5.74, 6) is 0.536. The second-order valence-electron chi connectivity index (χ2n) is 4.35. The van der Waals surface area contributed by atoms with Crippen molar-refractivity contribution in [2.45, 2.75) is 18.8 Å². The van der Waals surface area contributed by atoms with Crippen LogP contribution in [0.5, 0.6) is 0 Å². The Hall–Kier alpha value is -0.970. The zero-order valence-electron chi connectivity index (χ0n) is 9.52. The Bertz CT molecular complexity index is 617. The quantitative estimate of drug-likeness (QED) is 0.871. The second kappa shape index (κ2) is 4.61. The number of thiocarbonyl (C=S) groups is 1. The van der Waals surface area contributed by atoms with E-state index in [1.54, 1.807) is 11.3 Å². The minimum absolute atomic E-state index is 0.438. The molecule has 0 atom stereocenters. The molecule has 0 amide bonds. The fraction of sp³-hybridized carbons (Fsp3) is 0.231. The van der Waals surface area contributed by atoms with Gasteiger partial charge in [-0.15, -0.1) is 11.3 Å². The van der Waals surface area contributed by atoms with E-state index < -0.39 is 0 Å². The van der Waals surface area contributed by atoms with Crippen LogP contribution in [0.25, 0.3) is 10.6 Å². The Morgan fingerprint density at radius 2 is 2.11 bits per heavy atom. The zero-order chi connectivity index (χ0) is 12.7. The number of hydrogen-bond acceptors (Lipinski definition) is 3. The van der Waals surface area contributed by atoms with Gasteiger partial charge >= 0.3 is 0 Å². The summed E-state index contributed by atoms with van der Waals surface area (Å²) in [7, 11) is 0. The summed E-state index contributed by atoms with van der Waals surface area (Å²) >= 11 is 12.8. The third-order valence-corrected chi connectivity index (χ3v) is 4.75. The average Bonchev–Trinajstić information content (AvgIpc) is 3.09. The maximum atomic E-state index is 6.20. The lowest BCUT2D eigenvalue weighted by Gasteiger charge is -1.98. The summed E-state index contributed by atoms with van der Waals surface area (Å²) in [5, 5.41) is 1.62. The normalized spacial score (nSPS) is 14.7. The van der Waals surface area contributed by atoms with Gasteiger partial charge in [0.1, 0.15) is 10.00 Å². The third kappa shape index (κ3) is 2.16. The summed E-state index contributed by atoms with van der Waals surface area (Å²) in [6, 6.07) is 7.71. The van der Waals surface area contributed by atoms with Crippen molar-refractivity contribution in [2.24, 2.45) is 5.73 Å². The van der Waals surface area contributed by atoms with E-state index >= 15 is 0 Å². The third-order valence-electron chi connectivity index (χ3n) is 2.95. The molecule has 0 unspecified atom stereocenters. The maximum Gasteiger partial charge on any atom is 0.125 e. The van der Waals surface area contributed by atoms with Crippen molar-refractivity contribution < 1.29 is 0 Å². The predicted molar refractivity (Wildman–Crippen MR) is 80.4 cm³/mol. The summed E-state index contributed by atoms with van der Waals surface area (Å²) in [5.41, 5.74) is 7.79. The molecule has 1 saturated carbocycles. The van der Waals surface area contributed by atoms with Crippen LogP contribution in [0.2, 0.25) is 5.02 Å². The van der Waals surface area contributed by atoms with E-state index in [0.717, 1.165) is 21.1 Å². The van der Waals surface area contributed by atoms with E-state index in [1.807, 2.05) is 24.3 Å². The number of halogens is 1. The number of rotatable bonds is 3. The molecule has 0 aliphatic heterocycles. The first-order chi connectivity index (χ1) is 8.66. The number of thiazole rings is 1. The van der Waals surface area contributed by atoms with Crippen molar-refractivity contribution in [3.63, 3.8) is 0 Å². The molecule has 0 spiro atoms. The highest BCUT2D eigenvalue weighted by atomic mass is 35.5. The molecule has 2 N–H and O–H groups in total. The first-order valence-electron chi connectivity index (χ1n) is 5.72. The lowest BCUT2D eigenvalue weighted by atomic mass is 10.2. The van der Waals surface area contributed by atoms with Gasteiger partial charge in [-0.2, -0.15) is 0 Å². The molecule has 1 aromatic heterocycles. The summed E-state index contributed by atoms with van der Waals surface area (Å²) in [6.07, 6.45) is 2.36. The molecule has 0 bridgehead atoms. The van der Waals surface area contributed by atoms with Crippen LogP contribution in [0, 0.1) is 0 Å². The largest absolute Gasteiger partial charge is 0.389 e. The molecule has 1 heterocycles. The van der Waals surface area contributed by atoms with E-state index in [-0.39, 0.29) is 0 Å². The summed E-state index contributed by atoms with van der Waals surface area (Å²) < 4.78 is 0. The van der Waals surface area contributed by atoms with E-state index in [2.05, 4.69) is 0 Å². The van der Waals surface area contributed by atoms with Gasteiger partial charge in [0.2, 0.25) is 0 Å². The van der Waals surface area contributed by atoms with Crippen LogP contribution in [-0.4, -0.2) is 9.97 Å². The van der Waals surface area contributed by atoms with Crippen molar-refractivity contribution in [3.8, 4) is 10.6 Å². The highest BCUT2D eigenvalue weighted by Gasteiger charge is 2.30. The van der Waals surface area contributed by atoms with Crippen molar-refractivity contribution in [1.82, 2.24) is 4.98 Å². The van der Waals surface area contributed by atoms with E-state index in [9.17, 15) is 0 Å². The number of benzene rings is 1. The molecular weight excluding hydrogens is 284 g/mol. The van der Waals surface area contributed by atoms with E-state index in [1.165, 1.54) is 12.8 Å². The fourth-order valence-electron chi connectivity index (χ4n) is 1.89. The molecule has 1 aliphatic carbocycles. The van der Waals surface area contributed by atoms with Crippen LogP contribution in [0.3, 0.4) is 0 Å². The molecule has 0 radical (unpaired) electrons. The van der Waals surface area contributed by atoms with Crippen molar-refractivity contribution in [1.29, 1.82) is 0 Å². The molecule has 1 fully saturated rings. The van der Waals surface area contributed by atoms with Crippen LogP contribution >= 0.6 is 35.2 Å². The second-order valence-corrected chi connectivity index (χ2v) is 6.20. The highest BCUT2D eigenvalue weighted by molar-refractivity contribution is 7.81. The molecule has 1 aromatic carbocycles. The Morgan fingerprint density at radius 3 is 2.72 bits per heavy atom. The lowest BCUT2D eigenvalue weighted by Crippen LogP contribution is -2.09. The Balaban J connectivity index is 2.11. The van der Waals surface area contributed by atoms with Gasteiger partial charge in [0.05, 0.1) is 15.6 Å². The fourth-order valence-corrected chi connectivity index (χ4v) is 3.45. The Labute approximate surface area is 120 Å². The van der Waals surface area contributed by atoms with Crippen LogP contribution in [0.4, 0.5) is 0 Å². The van der Waals surface area contributed by atoms with Gasteiger partial charge in [-0.3, -0.25) is 0 Å². The minimum Gasteiger partial charge on any atom is -0.389 e. The lowest BCUT2D eigenvalue weighted by molar-refractivity contribution is 1.05.